The highest BCUT2D eigenvalue weighted by atomic mass is 35.5. The van der Waals surface area contributed by atoms with Gasteiger partial charge in [-0.05, 0) is 18.2 Å². The molecule has 8 heteroatoms. The Labute approximate surface area is 149 Å². The van der Waals surface area contributed by atoms with Gasteiger partial charge in [-0.2, -0.15) is 0 Å². The molecule has 25 heavy (non-hydrogen) atoms. The van der Waals surface area contributed by atoms with Crippen molar-refractivity contribution >= 4 is 27.3 Å². The van der Waals surface area contributed by atoms with E-state index in [0.29, 0.717) is 47.6 Å². The minimum atomic E-state index is -3.74. The molecule has 0 saturated carbocycles. The topological polar surface area (TPSA) is 65.1 Å². The number of hydrogen-bond acceptors (Lipinski definition) is 5. The van der Waals surface area contributed by atoms with Crippen LogP contribution in [-0.4, -0.2) is 34.8 Å². The van der Waals surface area contributed by atoms with E-state index in [1.54, 1.807) is 18.2 Å². The van der Waals surface area contributed by atoms with Gasteiger partial charge in [-0.1, -0.05) is 17.7 Å². The predicted octanol–water partition coefficient (Wildman–Crippen LogP) is 2.74. The Morgan fingerprint density at radius 1 is 1.00 bits per heavy atom. The fraction of sp³-hybridized carbons (Fsp3) is 0.294. The molecular weight excluding hydrogens is 366 g/mol. The summed E-state index contributed by atoms with van der Waals surface area (Å²) in [7, 11) is -3.74. The van der Waals surface area contributed by atoms with Crippen LogP contribution in [0.2, 0.25) is 5.02 Å². The normalized spacial score (nSPS) is 22.6. The van der Waals surface area contributed by atoms with E-state index in [-0.39, 0.29) is 11.4 Å². The lowest BCUT2D eigenvalue weighted by Crippen LogP contribution is -2.34. The highest BCUT2D eigenvalue weighted by Gasteiger charge is 2.40. The highest BCUT2D eigenvalue weighted by Crippen LogP contribution is 2.48. The lowest BCUT2D eigenvalue weighted by Gasteiger charge is -2.25. The maximum atomic E-state index is 13.3. The number of sulfonamides is 1. The van der Waals surface area contributed by atoms with Crippen LogP contribution in [0.25, 0.3) is 0 Å². The van der Waals surface area contributed by atoms with Crippen molar-refractivity contribution in [1.82, 2.24) is 0 Å². The number of ether oxygens (including phenoxy) is 3. The van der Waals surface area contributed by atoms with Crippen LogP contribution in [0, 0.1) is 0 Å². The molecule has 0 spiro atoms. The molecule has 2 bridgehead atoms. The maximum absolute atomic E-state index is 13.3. The molecule has 3 aliphatic heterocycles. The molecule has 3 heterocycles. The van der Waals surface area contributed by atoms with Crippen molar-refractivity contribution in [2.24, 2.45) is 0 Å². The summed E-state index contributed by atoms with van der Waals surface area (Å²) in [6, 6.07) is 8.44. The van der Waals surface area contributed by atoms with Crippen molar-refractivity contribution in [2.45, 2.75) is 11.0 Å². The lowest BCUT2D eigenvalue weighted by molar-refractivity contribution is 0.0882. The van der Waals surface area contributed by atoms with Gasteiger partial charge < -0.3 is 14.2 Å². The van der Waals surface area contributed by atoms with Crippen LogP contribution in [-0.2, 0) is 14.8 Å². The van der Waals surface area contributed by atoms with Gasteiger partial charge in [-0.25, -0.2) is 8.42 Å². The molecular formula is C17H14ClNO5S. The molecule has 0 aromatic heterocycles. The number of halogens is 1. The van der Waals surface area contributed by atoms with Gasteiger partial charge >= 0.3 is 0 Å². The summed E-state index contributed by atoms with van der Waals surface area (Å²) < 4.78 is 45.2. The summed E-state index contributed by atoms with van der Waals surface area (Å²) in [5, 5.41) is 0.374. The molecule has 1 atom stereocenters. The first-order chi connectivity index (χ1) is 12.1. The van der Waals surface area contributed by atoms with Crippen molar-refractivity contribution in [3.8, 4) is 11.5 Å². The molecule has 0 aliphatic carbocycles. The molecule has 3 aliphatic rings. The van der Waals surface area contributed by atoms with E-state index < -0.39 is 16.1 Å². The van der Waals surface area contributed by atoms with Gasteiger partial charge in [0.25, 0.3) is 10.0 Å². The minimum Gasteiger partial charge on any atom is -0.486 e. The zero-order chi connectivity index (χ0) is 17.2. The van der Waals surface area contributed by atoms with Crippen LogP contribution in [0.1, 0.15) is 17.2 Å². The van der Waals surface area contributed by atoms with Gasteiger partial charge in [-0.15, -0.1) is 0 Å². The van der Waals surface area contributed by atoms with E-state index in [1.807, 2.05) is 6.07 Å². The second kappa shape index (κ2) is 5.27. The van der Waals surface area contributed by atoms with Gasteiger partial charge in [0.2, 0.25) is 0 Å². The smallest absolute Gasteiger partial charge is 0.264 e. The third-order valence-electron chi connectivity index (χ3n) is 4.65. The minimum absolute atomic E-state index is 0.181. The Kier molecular flexibility index (Phi) is 3.22. The van der Waals surface area contributed by atoms with Crippen LogP contribution in [0.4, 0.5) is 5.69 Å². The van der Waals surface area contributed by atoms with Crippen LogP contribution in [0.3, 0.4) is 0 Å². The number of fused-ring (bicyclic) bond motifs is 3. The maximum Gasteiger partial charge on any atom is 0.264 e. The van der Waals surface area contributed by atoms with E-state index in [1.165, 1.54) is 10.4 Å². The zero-order valence-corrected chi connectivity index (χ0v) is 14.6. The summed E-state index contributed by atoms with van der Waals surface area (Å²) in [5.74, 6) is 1.16. The first kappa shape index (κ1) is 15.3. The first-order valence-electron chi connectivity index (χ1n) is 7.93. The number of benzene rings is 2. The van der Waals surface area contributed by atoms with E-state index in [4.69, 9.17) is 25.8 Å². The molecule has 0 radical (unpaired) electrons. The van der Waals surface area contributed by atoms with Crippen LogP contribution in [0.5, 0.6) is 11.5 Å². The van der Waals surface area contributed by atoms with Crippen molar-refractivity contribution in [1.29, 1.82) is 0 Å². The summed E-state index contributed by atoms with van der Waals surface area (Å²) in [5.41, 5.74) is 1.91. The molecule has 0 N–H and O–H groups in total. The van der Waals surface area contributed by atoms with Gasteiger partial charge in [-0.3, -0.25) is 4.31 Å². The van der Waals surface area contributed by atoms with E-state index >= 15 is 0 Å². The van der Waals surface area contributed by atoms with Gasteiger partial charge in [0.1, 0.15) is 19.3 Å². The zero-order valence-electron chi connectivity index (χ0n) is 13.1. The summed E-state index contributed by atoms with van der Waals surface area (Å²) >= 11 is 6.06. The molecule has 6 nitrogen and oxygen atoms in total. The largest absolute Gasteiger partial charge is 0.486 e. The quantitative estimate of drug-likeness (QED) is 0.704. The van der Waals surface area contributed by atoms with Crippen molar-refractivity contribution in [3.05, 3.63) is 46.5 Å². The molecule has 130 valence electrons. The monoisotopic (exact) mass is 379 g/mol. The fourth-order valence-electron chi connectivity index (χ4n) is 3.56. The molecule has 2 aromatic carbocycles. The second-order valence-electron chi connectivity index (χ2n) is 6.06. The number of hydrogen-bond donors (Lipinski definition) is 0. The standard InChI is InChI=1S/C17H14ClNO5S/c18-10-1-2-11-16(7-10)25(20,21)19-3-4-24-17(11)12-8-14-15(9-13(12)19)23-6-5-22-14/h1-2,7-9,17H,3-6H2. The number of anilines is 1. The summed E-state index contributed by atoms with van der Waals surface area (Å²) in [6.07, 6.45) is -0.500. The Balaban J connectivity index is 1.85. The van der Waals surface area contributed by atoms with Gasteiger partial charge in [0.15, 0.2) is 11.5 Å². The Morgan fingerprint density at radius 2 is 1.76 bits per heavy atom. The molecule has 0 fully saturated rings. The van der Waals surface area contributed by atoms with Gasteiger partial charge in [0, 0.05) is 22.2 Å². The predicted molar refractivity (Wildman–Crippen MR) is 91.2 cm³/mol. The van der Waals surface area contributed by atoms with Crippen LogP contribution in [0.15, 0.2) is 35.2 Å². The lowest BCUT2D eigenvalue weighted by atomic mass is 9.99. The third kappa shape index (κ3) is 2.16. The summed E-state index contributed by atoms with van der Waals surface area (Å²) in [4.78, 5) is 0.181. The fourth-order valence-corrected chi connectivity index (χ4v) is 5.51. The molecule has 2 aromatic rings. The molecule has 0 saturated heterocycles. The van der Waals surface area contributed by atoms with Crippen LogP contribution >= 0.6 is 11.6 Å². The average Bonchev–Trinajstić information content (AvgIpc) is 2.82. The molecule has 0 amide bonds. The third-order valence-corrected chi connectivity index (χ3v) is 6.75. The SMILES string of the molecule is O=S1(=O)c2cc(Cl)ccc2C2OCCN1c1cc3c(cc12)OCCO3. The van der Waals surface area contributed by atoms with Crippen LogP contribution < -0.4 is 13.8 Å². The Morgan fingerprint density at radius 3 is 2.56 bits per heavy atom. The first-order valence-corrected chi connectivity index (χ1v) is 9.75. The number of nitrogens with zero attached hydrogens (tertiary/aromatic N) is 1. The van der Waals surface area contributed by atoms with Gasteiger partial charge in [0.05, 0.1) is 23.7 Å². The second-order valence-corrected chi connectivity index (χ2v) is 8.33. The number of rotatable bonds is 0. The van der Waals surface area contributed by atoms with E-state index in [0.717, 1.165) is 5.56 Å². The van der Waals surface area contributed by atoms with E-state index in [2.05, 4.69) is 0 Å². The van der Waals surface area contributed by atoms with Crippen molar-refractivity contribution in [2.75, 3.05) is 30.7 Å². The summed E-state index contributed by atoms with van der Waals surface area (Å²) in [6.45, 7) is 1.43. The highest BCUT2D eigenvalue weighted by molar-refractivity contribution is 7.93. The Hall–Kier alpha value is -1.96. The van der Waals surface area contributed by atoms with Crippen molar-refractivity contribution < 1.29 is 22.6 Å². The average molecular weight is 380 g/mol. The van der Waals surface area contributed by atoms with E-state index in [9.17, 15) is 8.42 Å². The van der Waals surface area contributed by atoms with Crippen molar-refractivity contribution in [3.63, 3.8) is 0 Å². The Bertz CT molecular complexity index is 991. The molecule has 1 unspecified atom stereocenters. The molecule has 5 rings (SSSR count).